The second-order valence-electron chi connectivity index (χ2n) is 3.93. The molecule has 0 bridgehead atoms. The van der Waals surface area contributed by atoms with E-state index in [9.17, 15) is 4.79 Å². The van der Waals surface area contributed by atoms with E-state index in [-0.39, 0.29) is 12.0 Å². The molecule has 0 heterocycles. The van der Waals surface area contributed by atoms with E-state index < -0.39 is 0 Å². The van der Waals surface area contributed by atoms with Crippen molar-refractivity contribution < 1.29 is 19.0 Å². The third-order valence-corrected chi connectivity index (χ3v) is 2.70. The van der Waals surface area contributed by atoms with Crippen molar-refractivity contribution in [3.05, 3.63) is 18.2 Å². The lowest BCUT2D eigenvalue weighted by Crippen LogP contribution is -2.30. The number of carbonyl (C=O) groups excluding carboxylic acids is 1. The lowest BCUT2D eigenvalue weighted by molar-refractivity contribution is -0.144. The number of hydrogen-bond acceptors (Lipinski definition) is 5. The van der Waals surface area contributed by atoms with Crippen LogP contribution in [0.15, 0.2) is 18.2 Å². The van der Waals surface area contributed by atoms with E-state index in [0.29, 0.717) is 24.5 Å². The van der Waals surface area contributed by atoms with E-state index >= 15 is 0 Å². The van der Waals surface area contributed by atoms with Crippen LogP contribution in [0.5, 0.6) is 11.5 Å². The maximum Gasteiger partial charge on any atom is 0.328 e. The number of rotatable bonds is 7. The molecule has 0 aliphatic heterocycles. The van der Waals surface area contributed by atoms with Gasteiger partial charge in [-0.1, -0.05) is 6.92 Å². The van der Waals surface area contributed by atoms with E-state index in [4.69, 9.17) is 14.2 Å². The summed E-state index contributed by atoms with van der Waals surface area (Å²) >= 11 is 0. The highest BCUT2D eigenvalue weighted by Crippen LogP contribution is 2.30. The molecule has 0 aromatic heterocycles. The fourth-order valence-electron chi connectivity index (χ4n) is 1.70. The van der Waals surface area contributed by atoms with Gasteiger partial charge >= 0.3 is 5.97 Å². The zero-order valence-corrected chi connectivity index (χ0v) is 11.9. The van der Waals surface area contributed by atoms with Crippen LogP contribution in [0.4, 0.5) is 5.69 Å². The Morgan fingerprint density at radius 2 is 1.89 bits per heavy atom. The van der Waals surface area contributed by atoms with Crippen LogP contribution in [0, 0.1) is 0 Å². The van der Waals surface area contributed by atoms with Gasteiger partial charge in [-0.05, 0) is 25.5 Å². The number of carbonyl (C=O) groups is 1. The molecule has 5 nitrogen and oxygen atoms in total. The number of esters is 1. The molecule has 1 rings (SSSR count). The van der Waals surface area contributed by atoms with Crippen LogP contribution in [-0.2, 0) is 9.53 Å². The van der Waals surface area contributed by atoms with Crippen LogP contribution in [0.3, 0.4) is 0 Å². The summed E-state index contributed by atoms with van der Waals surface area (Å²) in [6, 6.07) is 5.06. The first kappa shape index (κ1) is 15.1. The summed E-state index contributed by atoms with van der Waals surface area (Å²) in [7, 11) is 3.16. The van der Waals surface area contributed by atoms with Crippen molar-refractivity contribution in [3.8, 4) is 11.5 Å². The van der Waals surface area contributed by atoms with Crippen LogP contribution in [0.2, 0.25) is 0 Å². The second-order valence-corrected chi connectivity index (χ2v) is 3.93. The smallest absolute Gasteiger partial charge is 0.328 e. The number of nitrogens with one attached hydrogen (secondary N) is 1. The van der Waals surface area contributed by atoms with Gasteiger partial charge in [0.15, 0.2) is 11.5 Å². The van der Waals surface area contributed by atoms with Crippen LogP contribution < -0.4 is 14.8 Å². The predicted octanol–water partition coefficient (Wildman–Crippen LogP) is 2.46. The molecule has 1 N–H and O–H groups in total. The lowest BCUT2D eigenvalue weighted by atomic mass is 10.2. The van der Waals surface area contributed by atoms with Crippen molar-refractivity contribution in [1.82, 2.24) is 0 Å². The summed E-state index contributed by atoms with van der Waals surface area (Å²) in [4.78, 5) is 11.7. The highest BCUT2D eigenvalue weighted by Gasteiger charge is 2.17. The molecule has 0 spiro atoms. The first-order valence-electron chi connectivity index (χ1n) is 6.31. The Bertz CT molecular complexity index is 420. The highest BCUT2D eigenvalue weighted by molar-refractivity contribution is 5.79. The monoisotopic (exact) mass is 267 g/mol. The molecule has 1 atom stereocenters. The minimum atomic E-state index is -0.363. The molecule has 0 radical (unpaired) electrons. The molecule has 0 aliphatic rings. The normalized spacial score (nSPS) is 11.6. The molecular weight excluding hydrogens is 246 g/mol. The van der Waals surface area contributed by atoms with Gasteiger partial charge in [0.2, 0.25) is 0 Å². The van der Waals surface area contributed by atoms with Crippen LogP contribution in [0.25, 0.3) is 0 Å². The van der Waals surface area contributed by atoms with Gasteiger partial charge in [-0.15, -0.1) is 0 Å². The Labute approximate surface area is 113 Å². The van der Waals surface area contributed by atoms with E-state index in [1.54, 1.807) is 33.3 Å². The molecule has 1 aromatic carbocycles. The van der Waals surface area contributed by atoms with Gasteiger partial charge in [-0.3, -0.25) is 0 Å². The zero-order valence-electron chi connectivity index (χ0n) is 11.9. The Hall–Kier alpha value is -1.91. The number of hydrogen-bond donors (Lipinski definition) is 1. The summed E-state index contributed by atoms with van der Waals surface area (Å²) in [5.74, 6) is 1.02. The SMILES string of the molecule is CCOC(=O)C(CC)Nc1ccc(OC)c(OC)c1. The van der Waals surface area contributed by atoms with Gasteiger partial charge in [-0.2, -0.15) is 0 Å². The third-order valence-electron chi connectivity index (χ3n) is 2.70. The van der Waals surface area contributed by atoms with Crippen LogP contribution in [0.1, 0.15) is 20.3 Å². The van der Waals surface area contributed by atoms with Gasteiger partial charge in [0.05, 0.1) is 20.8 Å². The summed E-state index contributed by atoms with van der Waals surface area (Å²) in [5, 5.41) is 3.13. The predicted molar refractivity (Wildman–Crippen MR) is 73.9 cm³/mol. The number of methoxy groups -OCH3 is 2. The van der Waals surface area contributed by atoms with Crippen molar-refractivity contribution in [2.45, 2.75) is 26.3 Å². The van der Waals surface area contributed by atoms with Crippen molar-refractivity contribution in [2.24, 2.45) is 0 Å². The van der Waals surface area contributed by atoms with E-state index in [0.717, 1.165) is 5.69 Å². The Balaban J connectivity index is 2.82. The first-order chi connectivity index (χ1) is 9.15. The molecule has 19 heavy (non-hydrogen) atoms. The molecule has 0 aliphatic carbocycles. The zero-order chi connectivity index (χ0) is 14.3. The average Bonchev–Trinajstić information content (AvgIpc) is 2.44. The molecule has 1 aromatic rings. The van der Waals surface area contributed by atoms with Gasteiger partial charge < -0.3 is 19.5 Å². The minimum Gasteiger partial charge on any atom is -0.493 e. The molecule has 0 saturated carbocycles. The van der Waals surface area contributed by atoms with E-state index in [2.05, 4.69) is 5.32 Å². The quantitative estimate of drug-likeness (QED) is 0.769. The average molecular weight is 267 g/mol. The Morgan fingerprint density at radius 1 is 1.21 bits per heavy atom. The van der Waals surface area contributed by atoms with E-state index in [1.165, 1.54) is 0 Å². The Kier molecular flexibility index (Phi) is 5.99. The fourth-order valence-corrected chi connectivity index (χ4v) is 1.70. The van der Waals surface area contributed by atoms with E-state index in [1.807, 2.05) is 13.0 Å². The molecular formula is C14H21NO4. The number of ether oxygens (including phenoxy) is 3. The molecule has 5 heteroatoms. The summed E-state index contributed by atoms with van der Waals surface area (Å²) in [6.07, 6.45) is 0.646. The molecule has 0 amide bonds. The summed E-state index contributed by atoms with van der Waals surface area (Å²) in [5.41, 5.74) is 0.789. The second kappa shape index (κ2) is 7.51. The van der Waals surface area contributed by atoms with Gasteiger partial charge in [0, 0.05) is 11.8 Å². The summed E-state index contributed by atoms with van der Waals surface area (Å²) < 4.78 is 15.4. The topological polar surface area (TPSA) is 56.8 Å². The number of benzene rings is 1. The minimum absolute atomic E-state index is 0.250. The van der Waals surface area contributed by atoms with Crippen molar-refractivity contribution in [2.75, 3.05) is 26.1 Å². The van der Waals surface area contributed by atoms with Gasteiger partial charge in [0.1, 0.15) is 6.04 Å². The van der Waals surface area contributed by atoms with Gasteiger partial charge in [0.25, 0.3) is 0 Å². The van der Waals surface area contributed by atoms with Gasteiger partial charge in [-0.25, -0.2) is 4.79 Å². The highest BCUT2D eigenvalue weighted by atomic mass is 16.5. The molecule has 0 fully saturated rings. The van der Waals surface area contributed by atoms with Crippen molar-refractivity contribution >= 4 is 11.7 Å². The lowest BCUT2D eigenvalue weighted by Gasteiger charge is -2.17. The molecule has 0 saturated heterocycles. The van der Waals surface area contributed by atoms with Crippen LogP contribution in [-0.4, -0.2) is 32.8 Å². The standard InChI is InChI=1S/C14H21NO4/c1-5-11(14(16)19-6-2)15-10-7-8-12(17-3)13(9-10)18-4/h7-9,11,15H,5-6H2,1-4H3. The summed E-state index contributed by atoms with van der Waals surface area (Å²) in [6.45, 7) is 4.10. The maximum absolute atomic E-state index is 11.7. The molecule has 1 unspecified atom stereocenters. The largest absolute Gasteiger partial charge is 0.493 e. The van der Waals surface area contributed by atoms with Crippen LogP contribution >= 0.6 is 0 Å². The third kappa shape index (κ3) is 4.05. The first-order valence-corrected chi connectivity index (χ1v) is 6.31. The fraction of sp³-hybridized carbons (Fsp3) is 0.500. The Morgan fingerprint density at radius 3 is 2.42 bits per heavy atom. The van der Waals surface area contributed by atoms with Crippen molar-refractivity contribution in [3.63, 3.8) is 0 Å². The maximum atomic E-state index is 11.7. The van der Waals surface area contributed by atoms with Crippen molar-refractivity contribution in [1.29, 1.82) is 0 Å². The molecule has 106 valence electrons. The number of anilines is 1.